The Morgan fingerprint density at radius 3 is 2.23 bits per heavy atom. The number of alkyl halides is 3. The minimum atomic E-state index is -4.63. The van der Waals surface area contributed by atoms with Crippen molar-refractivity contribution in [2.24, 2.45) is 5.10 Å². The Morgan fingerprint density at radius 2 is 1.58 bits per heavy atom. The van der Waals surface area contributed by atoms with Gasteiger partial charge in [0.2, 0.25) is 0 Å². The molecule has 1 heterocycles. The summed E-state index contributed by atoms with van der Waals surface area (Å²) in [5.74, 6) is -0.999. The van der Waals surface area contributed by atoms with E-state index in [0.717, 1.165) is 12.1 Å². The monoisotopic (exact) mass is 446 g/mol. The third kappa shape index (κ3) is 5.89. The first-order chi connectivity index (χ1) is 14.7. The Kier molecular flexibility index (Phi) is 6.66. The first-order valence-corrected chi connectivity index (χ1v) is 9.13. The molecule has 158 valence electrons. The second-order valence-corrected chi connectivity index (χ2v) is 6.61. The van der Waals surface area contributed by atoms with Crippen LogP contribution in [0.5, 0.6) is 0 Å². The van der Waals surface area contributed by atoms with Crippen molar-refractivity contribution in [2.45, 2.75) is 6.18 Å². The Hall–Kier alpha value is -3.72. The minimum Gasteiger partial charge on any atom is -0.322 e. The lowest BCUT2D eigenvalue weighted by Crippen LogP contribution is -2.17. The second kappa shape index (κ2) is 9.40. The molecule has 0 unspecified atom stereocenters. The van der Waals surface area contributed by atoms with Gasteiger partial charge in [-0.3, -0.25) is 14.6 Å². The standard InChI is InChI=1S/C21H14ClF3N4O2/c22-18-6-5-16(11-17(18)21(23,24)25)28-19(30)14-3-1-13(2-4-14)12-27-29-20(31)15-7-9-26-10-8-15/h1-12H,(H,28,30)(H,29,31)/b27-12+. The lowest BCUT2D eigenvalue weighted by Gasteiger charge is -2.12. The van der Waals surface area contributed by atoms with Gasteiger partial charge in [-0.05, 0) is 48.0 Å². The third-order valence-corrected chi connectivity index (χ3v) is 4.35. The van der Waals surface area contributed by atoms with Crippen molar-refractivity contribution in [3.63, 3.8) is 0 Å². The van der Waals surface area contributed by atoms with Gasteiger partial charge >= 0.3 is 6.18 Å². The predicted molar refractivity (Wildman–Crippen MR) is 110 cm³/mol. The van der Waals surface area contributed by atoms with Crippen LogP contribution < -0.4 is 10.7 Å². The summed E-state index contributed by atoms with van der Waals surface area (Å²) < 4.78 is 38.8. The molecule has 0 atom stereocenters. The van der Waals surface area contributed by atoms with E-state index >= 15 is 0 Å². The van der Waals surface area contributed by atoms with Crippen molar-refractivity contribution >= 4 is 35.3 Å². The first kappa shape index (κ1) is 22.0. The van der Waals surface area contributed by atoms with Crippen LogP contribution in [-0.4, -0.2) is 23.0 Å². The van der Waals surface area contributed by atoms with Gasteiger partial charge in [0.25, 0.3) is 11.8 Å². The number of hydrazone groups is 1. The van der Waals surface area contributed by atoms with E-state index in [1.54, 1.807) is 12.1 Å². The minimum absolute atomic E-state index is 0.0359. The Bertz CT molecular complexity index is 1120. The van der Waals surface area contributed by atoms with Crippen LogP contribution in [0.25, 0.3) is 0 Å². The topological polar surface area (TPSA) is 83.5 Å². The molecule has 0 bridgehead atoms. The number of aromatic nitrogens is 1. The lowest BCUT2D eigenvalue weighted by atomic mass is 10.1. The number of benzene rings is 2. The average molecular weight is 447 g/mol. The van der Waals surface area contributed by atoms with Crippen LogP contribution in [0.4, 0.5) is 18.9 Å². The highest BCUT2D eigenvalue weighted by Crippen LogP contribution is 2.36. The molecule has 0 saturated carbocycles. The van der Waals surface area contributed by atoms with Gasteiger partial charge in [0.05, 0.1) is 16.8 Å². The van der Waals surface area contributed by atoms with Crippen LogP contribution >= 0.6 is 11.6 Å². The van der Waals surface area contributed by atoms with E-state index in [1.165, 1.54) is 48.9 Å². The Labute approximate surface area is 179 Å². The molecule has 0 aliphatic rings. The number of nitrogens with one attached hydrogen (secondary N) is 2. The van der Waals surface area contributed by atoms with Gasteiger partial charge in [0.1, 0.15) is 0 Å². The van der Waals surface area contributed by atoms with Gasteiger partial charge in [0, 0.05) is 29.2 Å². The molecule has 1 aromatic heterocycles. The summed E-state index contributed by atoms with van der Waals surface area (Å²) in [5.41, 5.74) is 2.51. The van der Waals surface area contributed by atoms with Crippen LogP contribution in [0.2, 0.25) is 5.02 Å². The summed E-state index contributed by atoms with van der Waals surface area (Å²) in [6.07, 6.45) is -0.284. The van der Waals surface area contributed by atoms with E-state index in [9.17, 15) is 22.8 Å². The molecule has 2 N–H and O–H groups in total. The molecule has 3 rings (SSSR count). The van der Waals surface area contributed by atoms with Crippen molar-refractivity contribution in [1.82, 2.24) is 10.4 Å². The fourth-order valence-electron chi connectivity index (χ4n) is 2.48. The van der Waals surface area contributed by atoms with E-state index in [4.69, 9.17) is 11.6 Å². The Morgan fingerprint density at radius 1 is 0.935 bits per heavy atom. The molecule has 2 amide bonds. The summed E-state index contributed by atoms with van der Waals surface area (Å²) in [7, 11) is 0. The van der Waals surface area contributed by atoms with Crippen molar-refractivity contribution < 1.29 is 22.8 Å². The smallest absolute Gasteiger partial charge is 0.322 e. The number of carbonyl (C=O) groups excluding carboxylic acids is 2. The van der Waals surface area contributed by atoms with E-state index in [1.807, 2.05) is 0 Å². The van der Waals surface area contributed by atoms with Crippen molar-refractivity contribution in [3.05, 3.63) is 94.3 Å². The molecule has 0 fully saturated rings. The molecule has 0 spiro atoms. The number of nitrogens with zero attached hydrogens (tertiary/aromatic N) is 2. The lowest BCUT2D eigenvalue weighted by molar-refractivity contribution is -0.137. The van der Waals surface area contributed by atoms with Gasteiger partial charge in [-0.1, -0.05) is 23.7 Å². The van der Waals surface area contributed by atoms with Crippen LogP contribution in [-0.2, 0) is 6.18 Å². The molecule has 6 nitrogen and oxygen atoms in total. The highest BCUT2D eigenvalue weighted by molar-refractivity contribution is 6.31. The number of anilines is 1. The van der Waals surface area contributed by atoms with Crippen molar-refractivity contribution in [2.75, 3.05) is 5.32 Å². The second-order valence-electron chi connectivity index (χ2n) is 6.20. The fraction of sp³-hybridized carbons (Fsp3) is 0.0476. The molecule has 2 aromatic carbocycles. The molecule has 10 heteroatoms. The molecule has 0 aliphatic carbocycles. The average Bonchev–Trinajstić information content (AvgIpc) is 2.75. The quantitative estimate of drug-likeness (QED) is 0.437. The summed E-state index contributed by atoms with van der Waals surface area (Å²) in [5, 5.41) is 5.78. The number of pyridine rings is 1. The van der Waals surface area contributed by atoms with Gasteiger partial charge in [-0.15, -0.1) is 0 Å². The fourth-order valence-corrected chi connectivity index (χ4v) is 2.70. The number of halogens is 4. The maximum atomic E-state index is 12.9. The largest absolute Gasteiger partial charge is 0.417 e. The van der Waals surface area contributed by atoms with Crippen LogP contribution in [0.3, 0.4) is 0 Å². The zero-order valence-corrected chi connectivity index (χ0v) is 16.4. The van der Waals surface area contributed by atoms with Crippen molar-refractivity contribution in [1.29, 1.82) is 0 Å². The van der Waals surface area contributed by atoms with Crippen LogP contribution in [0.15, 0.2) is 72.1 Å². The van der Waals surface area contributed by atoms with E-state index in [0.29, 0.717) is 11.1 Å². The molecule has 0 saturated heterocycles. The summed E-state index contributed by atoms with van der Waals surface area (Å²) in [4.78, 5) is 28.0. The summed E-state index contributed by atoms with van der Waals surface area (Å²) in [6, 6.07) is 12.3. The highest BCUT2D eigenvalue weighted by atomic mass is 35.5. The van der Waals surface area contributed by atoms with Gasteiger partial charge in [-0.2, -0.15) is 18.3 Å². The first-order valence-electron chi connectivity index (χ1n) is 8.75. The normalized spacial score (nSPS) is 11.4. The summed E-state index contributed by atoms with van der Waals surface area (Å²) >= 11 is 5.57. The van der Waals surface area contributed by atoms with Gasteiger partial charge < -0.3 is 5.32 Å². The molecular weight excluding hydrogens is 433 g/mol. The van der Waals surface area contributed by atoms with E-state index < -0.39 is 28.6 Å². The van der Waals surface area contributed by atoms with E-state index in [-0.39, 0.29) is 11.3 Å². The van der Waals surface area contributed by atoms with Crippen LogP contribution in [0, 0.1) is 0 Å². The third-order valence-electron chi connectivity index (χ3n) is 4.02. The number of rotatable bonds is 5. The zero-order valence-electron chi connectivity index (χ0n) is 15.7. The predicted octanol–water partition coefficient (Wildman–Crippen LogP) is 4.77. The number of hydrogen-bond acceptors (Lipinski definition) is 4. The molecule has 3 aromatic rings. The van der Waals surface area contributed by atoms with Crippen LogP contribution in [0.1, 0.15) is 31.8 Å². The molecule has 0 aliphatic heterocycles. The number of amides is 2. The zero-order chi connectivity index (χ0) is 22.4. The summed E-state index contributed by atoms with van der Waals surface area (Å²) in [6.45, 7) is 0. The Balaban J connectivity index is 1.62. The number of carbonyl (C=O) groups is 2. The van der Waals surface area contributed by atoms with Gasteiger partial charge in [0.15, 0.2) is 0 Å². The molecular formula is C21H14ClF3N4O2. The number of hydrogen-bond donors (Lipinski definition) is 2. The molecule has 31 heavy (non-hydrogen) atoms. The highest BCUT2D eigenvalue weighted by Gasteiger charge is 2.33. The molecule has 0 radical (unpaired) electrons. The maximum Gasteiger partial charge on any atom is 0.417 e. The maximum absolute atomic E-state index is 12.9. The SMILES string of the molecule is O=C(N/N=C/c1ccc(C(=O)Nc2ccc(Cl)c(C(F)(F)F)c2)cc1)c1ccncc1. The van der Waals surface area contributed by atoms with E-state index in [2.05, 4.69) is 20.8 Å². The van der Waals surface area contributed by atoms with Gasteiger partial charge in [-0.25, -0.2) is 5.43 Å². The van der Waals surface area contributed by atoms with Crippen molar-refractivity contribution in [3.8, 4) is 0 Å².